The Hall–Kier alpha value is -3.85. The Kier molecular flexibility index (Phi) is 5.28. The van der Waals surface area contributed by atoms with Crippen LogP contribution >= 0.6 is 0 Å². The summed E-state index contributed by atoms with van der Waals surface area (Å²) < 4.78 is 5.07. The van der Waals surface area contributed by atoms with Crippen molar-refractivity contribution in [1.82, 2.24) is 4.90 Å². The van der Waals surface area contributed by atoms with Crippen LogP contribution in [0.1, 0.15) is 22.8 Å². The van der Waals surface area contributed by atoms with E-state index in [2.05, 4.69) is 0 Å². The van der Waals surface area contributed by atoms with Gasteiger partial charge in [0.15, 0.2) is 5.78 Å². The first-order chi connectivity index (χ1) is 16.3. The first kappa shape index (κ1) is 22.0. The minimum Gasteiger partial charge on any atom is -0.383 e. The molecule has 34 heavy (non-hydrogen) atoms. The van der Waals surface area contributed by atoms with Gasteiger partial charge >= 0.3 is 0 Å². The summed E-state index contributed by atoms with van der Waals surface area (Å²) >= 11 is 0. The van der Waals surface area contributed by atoms with Crippen LogP contribution in [0.5, 0.6) is 0 Å². The molecule has 0 N–H and O–H groups in total. The maximum Gasteiger partial charge on any atom is 0.270 e. The maximum absolute atomic E-state index is 13.9. The lowest BCUT2D eigenvalue weighted by molar-refractivity contribution is -0.384. The average Bonchev–Trinajstić information content (AvgIpc) is 3.30. The van der Waals surface area contributed by atoms with Crippen molar-refractivity contribution in [2.24, 2.45) is 11.8 Å². The van der Waals surface area contributed by atoms with Gasteiger partial charge < -0.3 is 9.64 Å². The topological polar surface area (TPSA) is 110 Å². The molecule has 9 nitrogen and oxygen atoms in total. The van der Waals surface area contributed by atoms with Crippen LogP contribution in [0.15, 0.2) is 54.6 Å². The van der Waals surface area contributed by atoms with E-state index >= 15 is 0 Å². The smallest absolute Gasteiger partial charge is 0.270 e. The SMILES string of the molecule is COCCN1C(=O)[C@@H]2[C@@H](C1=O)[C@H](C(=O)c1cccc([N+](=O)[O-])c1)N1c3ccccc3C(C)=C[C@H]21. The lowest BCUT2D eigenvalue weighted by Crippen LogP contribution is -2.49. The number of nitro groups is 1. The van der Waals surface area contributed by atoms with E-state index in [1.165, 1.54) is 36.3 Å². The summed E-state index contributed by atoms with van der Waals surface area (Å²) in [4.78, 5) is 54.6. The Morgan fingerprint density at radius 1 is 1.09 bits per heavy atom. The standard InChI is InChI=1S/C25H23N3O6/c1-14-12-19-20-21(25(31)26(24(20)30)10-11-34-2)22(27(19)18-9-4-3-8-17(14)18)23(29)15-6-5-7-16(13-15)28(32)33/h3-9,12-13,19-22H,10-11H2,1-2H3/t19-,20+,21-,22-/m1/s1. The van der Waals surface area contributed by atoms with Crippen LogP contribution in [0.25, 0.3) is 5.57 Å². The molecule has 0 saturated carbocycles. The molecule has 0 radical (unpaired) electrons. The molecular weight excluding hydrogens is 438 g/mol. The third-order valence-corrected chi connectivity index (χ3v) is 6.98. The number of para-hydroxylation sites is 1. The molecule has 2 aromatic rings. The largest absolute Gasteiger partial charge is 0.383 e. The lowest BCUT2D eigenvalue weighted by Gasteiger charge is -2.38. The lowest BCUT2D eigenvalue weighted by atomic mass is 9.85. The number of allylic oxidation sites excluding steroid dienone is 1. The highest BCUT2D eigenvalue weighted by molar-refractivity contribution is 6.14. The van der Waals surface area contributed by atoms with Gasteiger partial charge in [0.2, 0.25) is 11.8 Å². The second-order valence-electron chi connectivity index (χ2n) is 8.75. The molecule has 5 rings (SSSR count). The Morgan fingerprint density at radius 2 is 1.82 bits per heavy atom. The number of fused-ring (bicyclic) bond motifs is 5. The molecule has 9 heteroatoms. The van der Waals surface area contributed by atoms with E-state index < -0.39 is 40.5 Å². The molecule has 4 atom stereocenters. The average molecular weight is 461 g/mol. The Labute approximate surface area is 195 Å². The van der Waals surface area contributed by atoms with Crippen LogP contribution in [0, 0.1) is 22.0 Å². The van der Waals surface area contributed by atoms with Crippen molar-refractivity contribution >= 4 is 34.5 Å². The third-order valence-electron chi connectivity index (χ3n) is 6.98. The number of imide groups is 1. The summed E-state index contributed by atoms with van der Waals surface area (Å²) in [5, 5.41) is 11.3. The van der Waals surface area contributed by atoms with Crippen molar-refractivity contribution in [2.45, 2.75) is 19.0 Å². The van der Waals surface area contributed by atoms with Gasteiger partial charge in [0.05, 0.1) is 36.0 Å². The molecule has 3 aliphatic heterocycles. The van der Waals surface area contributed by atoms with E-state index in [-0.39, 0.29) is 30.3 Å². The van der Waals surface area contributed by atoms with E-state index in [0.29, 0.717) is 0 Å². The molecule has 2 saturated heterocycles. The van der Waals surface area contributed by atoms with E-state index in [9.17, 15) is 24.5 Å². The summed E-state index contributed by atoms with van der Waals surface area (Å²) in [6.45, 7) is 2.27. The van der Waals surface area contributed by atoms with Crippen LogP contribution in [0.3, 0.4) is 0 Å². The molecule has 0 unspecified atom stereocenters. The molecule has 2 aromatic carbocycles. The van der Waals surface area contributed by atoms with E-state index in [0.717, 1.165) is 16.8 Å². The number of anilines is 1. The number of rotatable bonds is 6. The number of Topliss-reactive ketones (excluding diaryl/α,β-unsaturated/α-hetero) is 1. The van der Waals surface area contributed by atoms with Gasteiger partial charge in [-0.2, -0.15) is 0 Å². The summed E-state index contributed by atoms with van der Waals surface area (Å²) in [7, 11) is 1.49. The predicted molar refractivity (Wildman–Crippen MR) is 123 cm³/mol. The normalized spacial score (nSPS) is 25.1. The number of carbonyl (C=O) groups is 3. The highest BCUT2D eigenvalue weighted by Gasteiger charge is 2.64. The van der Waals surface area contributed by atoms with Gasteiger partial charge in [-0.25, -0.2) is 0 Å². The van der Waals surface area contributed by atoms with Crippen LogP contribution in [0.4, 0.5) is 11.4 Å². The van der Waals surface area contributed by atoms with E-state index in [1.807, 2.05) is 42.2 Å². The highest BCUT2D eigenvalue weighted by Crippen LogP contribution is 2.50. The first-order valence-electron chi connectivity index (χ1n) is 11.0. The van der Waals surface area contributed by atoms with Crippen molar-refractivity contribution in [3.05, 3.63) is 75.8 Å². The number of nitro benzene ring substituents is 1. The van der Waals surface area contributed by atoms with Gasteiger partial charge in [-0.1, -0.05) is 36.4 Å². The van der Waals surface area contributed by atoms with Crippen molar-refractivity contribution in [2.75, 3.05) is 25.2 Å². The molecule has 3 heterocycles. The number of hydrogen-bond donors (Lipinski definition) is 0. The number of non-ortho nitro benzene ring substituents is 1. The molecular formula is C25H23N3O6. The second kappa shape index (κ2) is 8.18. The van der Waals surface area contributed by atoms with Gasteiger partial charge in [-0.3, -0.25) is 29.4 Å². The molecule has 0 spiro atoms. The predicted octanol–water partition coefficient (Wildman–Crippen LogP) is 2.70. The third kappa shape index (κ3) is 3.15. The summed E-state index contributed by atoms with van der Waals surface area (Å²) in [6, 6.07) is 11.6. The molecule has 2 fully saturated rings. The summed E-state index contributed by atoms with van der Waals surface area (Å²) in [5.41, 5.74) is 2.59. The fourth-order valence-corrected chi connectivity index (χ4v) is 5.51. The molecule has 0 bridgehead atoms. The Morgan fingerprint density at radius 3 is 2.56 bits per heavy atom. The molecule has 2 amide bonds. The van der Waals surface area contributed by atoms with Crippen molar-refractivity contribution in [3.8, 4) is 0 Å². The number of methoxy groups -OCH3 is 1. The number of carbonyl (C=O) groups excluding carboxylic acids is 3. The zero-order valence-corrected chi connectivity index (χ0v) is 18.7. The van der Waals surface area contributed by atoms with E-state index in [4.69, 9.17) is 4.74 Å². The minimum absolute atomic E-state index is 0.116. The Bertz CT molecular complexity index is 1250. The first-order valence-corrected chi connectivity index (χ1v) is 11.0. The summed E-state index contributed by atoms with van der Waals surface area (Å²) in [5.74, 6) is -2.76. The number of hydrogen-bond acceptors (Lipinski definition) is 7. The molecule has 0 aliphatic carbocycles. The van der Waals surface area contributed by atoms with Crippen LogP contribution < -0.4 is 4.90 Å². The molecule has 174 valence electrons. The van der Waals surface area contributed by atoms with Gasteiger partial charge in [0.25, 0.3) is 5.69 Å². The van der Waals surface area contributed by atoms with E-state index in [1.54, 1.807) is 0 Å². The van der Waals surface area contributed by atoms with Crippen molar-refractivity contribution in [3.63, 3.8) is 0 Å². The van der Waals surface area contributed by atoms with Gasteiger partial charge in [-0.15, -0.1) is 0 Å². The number of nitrogens with zero attached hydrogens (tertiary/aromatic N) is 3. The zero-order chi connectivity index (χ0) is 24.1. The Balaban J connectivity index is 1.65. The number of ketones is 1. The van der Waals surface area contributed by atoms with Gasteiger partial charge in [0, 0.05) is 36.1 Å². The minimum atomic E-state index is -0.966. The second-order valence-corrected chi connectivity index (χ2v) is 8.75. The fourth-order valence-electron chi connectivity index (χ4n) is 5.51. The highest BCUT2D eigenvalue weighted by atomic mass is 16.6. The van der Waals surface area contributed by atoms with Crippen LogP contribution in [-0.4, -0.2) is 59.8 Å². The number of ether oxygens (including phenoxy) is 1. The van der Waals surface area contributed by atoms with Crippen molar-refractivity contribution < 1.29 is 24.0 Å². The number of likely N-dealkylation sites (tertiary alicyclic amines) is 1. The number of amides is 2. The van der Waals surface area contributed by atoms with Gasteiger partial charge in [-0.05, 0) is 18.6 Å². The fraction of sp³-hybridized carbons (Fsp3) is 0.320. The number of benzene rings is 2. The van der Waals surface area contributed by atoms with Crippen molar-refractivity contribution in [1.29, 1.82) is 0 Å². The van der Waals surface area contributed by atoms with Crippen LogP contribution in [0.2, 0.25) is 0 Å². The molecule has 0 aromatic heterocycles. The summed E-state index contributed by atoms with van der Waals surface area (Å²) in [6.07, 6.45) is 1.95. The molecule has 3 aliphatic rings. The monoisotopic (exact) mass is 461 g/mol. The maximum atomic E-state index is 13.9. The van der Waals surface area contributed by atoms with Gasteiger partial charge in [0.1, 0.15) is 6.04 Å². The zero-order valence-electron chi connectivity index (χ0n) is 18.7. The van der Waals surface area contributed by atoms with Crippen LogP contribution in [-0.2, 0) is 14.3 Å². The quantitative estimate of drug-likeness (QED) is 0.282.